The number of halogens is 3. The van der Waals surface area contributed by atoms with Crippen LogP contribution in [0.1, 0.15) is 25.3 Å². The van der Waals surface area contributed by atoms with Crippen LogP contribution in [0.4, 0.5) is 13.2 Å². The van der Waals surface area contributed by atoms with E-state index < -0.39 is 29.5 Å². The number of carbonyl (C=O) groups is 2. The molecule has 1 fully saturated rings. The number of nitrogens with zero attached hydrogens (tertiary/aromatic N) is 1. The number of hydrogen-bond acceptors (Lipinski definition) is 5. The number of hydrogen-bond donors (Lipinski definition) is 1. The number of amides is 1. The van der Waals surface area contributed by atoms with Crippen molar-refractivity contribution in [2.75, 3.05) is 26.3 Å². The smallest absolute Gasteiger partial charge is 0.332 e. The lowest BCUT2D eigenvalue weighted by molar-refractivity contribution is -0.150. The summed E-state index contributed by atoms with van der Waals surface area (Å²) in [5.41, 5.74) is 5.80. The van der Waals surface area contributed by atoms with Gasteiger partial charge in [-0.25, -0.2) is 18.0 Å². The first-order valence-electron chi connectivity index (χ1n) is 8.74. The quantitative estimate of drug-likeness (QED) is 0.540. The van der Waals surface area contributed by atoms with Crippen molar-refractivity contribution in [3.63, 3.8) is 0 Å². The van der Waals surface area contributed by atoms with Crippen LogP contribution in [-0.2, 0) is 25.5 Å². The number of nitrogens with two attached hydrogens (primary N) is 1. The molecule has 27 heavy (non-hydrogen) atoms. The van der Waals surface area contributed by atoms with Gasteiger partial charge in [-0.05, 0) is 31.4 Å². The van der Waals surface area contributed by atoms with Gasteiger partial charge in [-0.1, -0.05) is 0 Å². The highest BCUT2D eigenvalue weighted by molar-refractivity contribution is 5.77. The van der Waals surface area contributed by atoms with Gasteiger partial charge in [0.25, 0.3) is 0 Å². The van der Waals surface area contributed by atoms with Gasteiger partial charge in [-0.3, -0.25) is 4.79 Å². The summed E-state index contributed by atoms with van der Waals surface area (Å²) in [6.45, 7) is 2.58. The molecule has 1 saturated heterocycles. The summed E-state index contributed by atoms with van der Waals surface area (Å²) >= 11 is 0. The Balaban J connectivity index is 1.80. The molecule has 2 N–H and O–H groups in total. The zero-order chi connectivity index (χ0) is 20.0. The predicted octanol–water partition coefficient (Wildman–Crippen LogP) is 1.54. The Labute approximate surface area is 155 Å². The minimum absolute atomic E-state index is 0.0664. The fourth-order valence-electron chi connectivity index (χ4n) is 2.91. The first-order chi connectivity index (χ1) is 12.8. The van der Waals surface area contributed by atoms with E-state index in [2.05, 4.69) is 0 Å². The number of carbonyl (C=O) groups excluding carboxylic acids is 2. The van der Waals surface area contributed by atoms with E-state index in [-0.39, 0.29) is 43.6 Å². The summed E-state index contributed by atoms with van der Waals surface area (Å²) in [4.78, 5) is 25.1. The van der Waals surface area contributed by atoms with Crippen LogP contribution in [0.2, 0.25) is 0 Å². The Morgan fingerprint density at radius 3 is 2.67 bits per heavy atom. The second kappa shape index (κ2) is 9.70. The maximum Gasteiger partial charge on any atom is 0.332 e. The van der Waals surface area contributed by atoms with E-state index in [9.17, 15) is 22.8 Å². The van der Waals surface area contributed by atoms with Gasteiger partial charge in [0.05, 0.1) is 12.7 Å². The summed E-state index contributed by atoms with van der Waals surface area (Å²) in [6.07, 6.45) is 0.158. The average Bonchev–Trinajstić information content (AvgIpc) is 3.07. The average molecular weight is 388 g/mol. The van der Waals surface area contributed by atoms with Crippen LogP contribution in [-0.4, -0.2) is 55.2 Å². The molecule has 0 aromatic heterocycles. The summed E-state index contributed by atoms with van der Waals surface area (Å²) in [6, 6.07) is 0.478. The third-order valence-corrected chi connectivity index (χ3v) is 4.25. The number of benzene rings is 1. The molecular formula is C18H23F3N2O4. The molecule has 150 valence electrons. The molecule has 1 unspecified atom stereocenters. The van der Waals surface area contributed by atoms with E-state index in [0.717, 1.165) is 6.07 Å². The molecule has 1 heterocycles. The Morgan fingerprint density at radius 1 is 1.26 bits per heavy atom. The number of ether oxygens (including phenoxy) is 2. The van der Waals surface area contributed by atoms with E-state index in [0.29, 0.717) is 25.6 Å². The lowest BCUT2D eigenvalue weighted by atomic mass is 10.0. The normalized spacial score (nSPS) is 17.8. The first-order valence-corrected chi connectivity index (χ1v) is 8.74. The van der Waals surface area contributed by atoms with E-state index >= 15 is 0 Å². The van der Waals surface area contributed by atoms with Crippen molar-refractivity contribution in [3.8, 4) is 0 Å². The second-order valence-electron chi connectivity index (χ2n) is 6.39. The highest BCUT2D eigenvalue weighted by Crippen LogP contribution is 2.18. The van der Waals surface area contributed by atoms with Crippen LogP contribution < -0.4 is 5.73 Å². The molecule has 0 saturated carbocycles. The second-order valence-corrected chi connectivity index (χ2v) is 6.39. The van der Waals surface area contributed by atoms with Crippen molar-refractivity contribution in [2.24, 2.45) is 5.73 Å². The highest BCUT2D eigenvalue weighted by atomic mass is 19.2. The Morgan fingerprint density at radius 2 is 1.96 bits per heavy atom. The summed E-state index contributed by atoms with van der Waals surface area (Å²) in [5, 5.41) is 0. The van der Waals surface area contributed by atoms with Gasteiger partial charge in [0.2, 0.25) is 5.91 Å². The van der Waals surface area contributed by atoms with Crippen LogP contribution in [0.5, 0.6) is 0 Å². The molecule has 0 bridgehead atoms. The van der Waals surface area contributed by atoms with Crippen LogP contribution in [0.25, 0.3) is 0 Å². The molecule has 1 aliphatic rings. The lowest BCUT2D eigenvalue weighted by Crippen LogP contribution is -2.36. The van der Waals surface area contributed by atoms with Gasteiger partial charge in [0.15, 0.2) is 11.6 Å². The van der Waals surface area contributed by atoms with Crippen LogP contribution in [0.3, 0.4) is 0 Å². The molecule has 0 aliphatic carbocycles. The fraction of sp³-hybridized carbons (Fsp3) is 0.556. The monoisotopic (exact) mass is 388 g/mol. The van der Waals surface area contributed by atoms with E-state index in [1.54, 1.807) is 11.8 Å². The highest BCUT2D eigenvalue weighted by Gasteiger charge is 2.28. The number of likely N-dealkylation sites (tertiary alicyclic amines) is 1. The van der Waals surface area contributed by atoms with Gasteiger partial charge in [-0.2, -0.15) is 0 Å². The summed E-state index contributed by atoms with van der Waals surface area (Å²) in [7, 11) is 0. The molecule has 0 radical (unpaired) electrons. The van der Waals surface area contributed by atoms with Gasteiger partial charge >= 0.3 is 5.97 Å². The van der Waals surface area contributed by atoms with Gasteiger partial charge in [-0.15, -0.1) is 0 Å². The predicted molar refractivity (Wildman–Crippen MR) is 90.2 cm³/mol. The SMILES string of the molecule is CCOC(=O)COC1CCN(C(=O)C[C@@H](N)Cc2cc(F)c(F)cc2F)C1. The Kier molecular flexibility index (Phi) is 7.61. The standard InChI is InChI=1S/C18H23F3N2O4/c1-2-26-18(25)10-27-13-3-4-23(9-13)17(24)7-12(22)5-11-6-15(20)16(21)8-14(11)19/h6,8,12-13H,2-5,7,9-10,22H2,1H3/t12-,13?/m0/s1. The number of esters is 1. The fourth-order valence-corrected chi connectivity index (χ4v) is 2.91. The summed E-state index contributed by atoms with van der Waals surface area (Å²) in [5.74, 6) is -4.03. The third kappa shape index (κ3) is 6.21. The van der Waals surface area contributed by atoms with Gasteiger partial charge < -0.3 is 20.1 Å². The van der Waals surface area contributed by atoms with Crippen molar-refractivity contribution in [1.29, 1.82) is 0 Å². The minimum atomic E-state index is -1.27. The van der Waals surface area contributed by atoms with Crippen molar-refractivity contribution in [3.05, 3.63) is 35.1 Å². The molecule has 1 aromatic carbocycles. The molecule has 6 nitrogen and oxygen atoms in total. The van der Waals surface area contributed by atoms with Crippen molar-refractivity contribution >= 4 is 11.9 Å². The van der Waals surface area contributed by atoms with Crippen LogP contribution >= 0.6 is 0 Å². The largest absolute Gasteiger partial charge is 0.464 e. The molecule has 1 aromatic rings. The maximum atomic E-state index is 13.7. The molecule has 0 spiro atoms. The van der Waals surface area contributed by atoms with E-state index in [4.69, 9.17) is 15.2 Å². The topological polar surface area (TPSA) is 81.9 Å². The minimum Gasteiger partial charge on any atom is -0.464 e. The van der Waals surface area contributed by atoms with Crippen LogP contribution in [0.15, 0.2) is 12.1 Å². The molecule has 1 aliphatic heterocycles. The first kappa shape index (κ1) is 21.2. The number of rotatable bonds is 8. The Hall–Kier alpha value is -2.13. The third-order valence-electron chi connectivity index (χ3n) is 4.25. The molecule has 1 amide bonds. The van der Waals surface area contributed by atoms with Gasteiger partial charge in [0, 0.05) is 31.6 Å². The molecule has 2 rings (SSSR count). The van der Waals surface area contributed by atoms with Crippen molar-refractivity contribution in [2.45, 2.75) is 38.3 Å². The lowest BCUT2D eigenvalue weighted by Gasteiger charge is -2.19. The molecular weight excluding hydrogens is 365 g/mol. The Bertz CT molecular complexity index is 687. The maximum absolute atomic E-state index is 13.7. The van der Waals surface area contributed by atoms with Gasteiger partial charge in [0.1, 0.15) is 12.4 Å². The summed E-state index contributed by atoms with van der Waals surface area (Å²) < 4.78 is 50.0. The van der Waals surface area contributed by atoms with E-state index in [1.165, 1.54) is 0 Å². The van der Waals surface area contributed by atoms with Crippen molar-refractivity contribution < 1.29 is 32.2 Å². The van der Waals surface area contributed by atoms with E-state index in [1.807, 2.05) is 0 Å². The molecule has 2 atom stereocenters. The zero-order valence-corrected chi connectivity index (χ0v) is 15.1. The molecule has 9 heteroatoms. The zero-order valence-electron chi connectivity index (χ0n) is 15.1. The van der Waals surface area contributed by atoms with Crippen molar-refractivity contribution in [1.82, 2.24) is 4.90 Å². The van der Waals surface area contributed by atoms with Crippen LogP contribution in [0, 0.1) is 17.5 Å².